The van der Waals surface area contributed by atoms with Crippen LogP contribution in [0.4, 0.5) is 0 Å². The van der Waals surface area contributed by atoms with Crippen LogP contribution in [0.15, 0.2) is 46.9 Å². The Kier molecular flexibility index (Phi) is 4.74. The fourth-order valence-electron chi connectivity index (χ4n) is 3.90. The maximum absolute atomic E-state index is 12.5. The minimum Gasteiger partial charge on any atom is -0.486 e. The third-order valence-electron chi connectivity index (χ3n) is 5.18. The number of para-hydroxylation sites is 1. The fraction of sp³-hybridized carbons (Fsp3) is 0.450. The molecule has 0 unspecified atom stereocenters. The van der Waals surface area contributed by atoms with Gasteiger partial charge in [0.2, 0.25) is 0 Å². The van der Waals surface area contributed by atoms with Gasteiger partial charge in [-0.3, -0.25) is 9.69 Å². The van der Waals surface area contributed by atoms with Crippen molar-refractivity contribution < 1.29 is 13.9 Å². The Morgan fingerprint density at radius 3 is 2.88 bits per heavy atom. The summed E-state index contributed by atoms with van der Waals surface area (Å²) in [5.74, 6) is 1.68. The number of carbonyl (C=O) groups is 1. The summed E-state index contributed by atoms with van der Waals surface area (Å²) in [7, 11) is 0. The van der Waals surface area contributed by atoms with Crippen LogP contribution in [0.1, 0.15) is 42.0 Å². The number of carbonyl (C=O) groups excluding carboxylic acids is 1. The van der Waals surface area contributed by atoms with Gasteiger partial charge in [0.15, 0.2) is 5.76 Å². The van der Waals surface area contributed by atoms with E-state index in [1.807, 2.05) is 30.3 Å². The topological polar surface area (TPSA) is 54.7 Å². The molecular weight excluding hydrogens is 316 g/mol. The summed E-state index contributed by atoms with van der Waals surface area (Å²) in [4.78, 5) is 15.0. The second-order valence-corrected chi connectivity index (χ2v) is 6.84. The van der Waals surface area contributed by atoms with Crippen LogP contribution in [0.25, 0.3) is 0 Å². The number of furan rings is 1. The molecule has 2 saturated heterocycles. The number of hydrogen-bond donors (Lipinski definition) is 1. The lowest BCUT2D eigenvalue weighted by atomic mass is 9.99. The average Bonchev–Trinajstić information content (AvgIpc) is 3.29. The molecule has 3 heterocycles. The zero-order chi connectivity index (χ0) is 17.1. The normalized spacial score (nSPS) is 23.2. The van der Waals surface area contributed by atoms with Crippen LogP contribution in [0, 0.1) is 0 Å². The van der Waals surface area contributed by atoms with E-state index in [1.165, 1.54) is 25.8 Å². The van der Waals surface area contributed by atoms with Crippen molar-refractivity contribution in [2.24, 2.45) is 0 Å². The van der Waals surface area contributed by atoms with E-state index in [1.54, 1.807) is 12.1 Å². The second kappa shape index (κ2) is 7.31. The minimum atomic E-state index is -0.122. The summed E-state index contributed by atoms with van der Waals surface area (Å²) in [6, 6.07) is 13.8. The Morgan fingerprint density at radius 2 is 2.00 bits per heavy atom. The van der Waals surface area contributed by atoms with Gasteiger partial charge in [0.05, 0.1) is 0 Å². The molecule has 4 rings (SSSR count). The van der Waals surface area contributed by atoms with Gasteiger partial charge in [-0.25, -0.2) is 0 Å². The Bertz CT molecular complexity index is 713. The molecule has 0 spiro atoms. The van der Waals surface area contributed by atoms with Crippen LogP contribution in [-0.4, -0.2) is 36.0 Å². The smallest absolute Gasteiger partial charge is 0.287 e. The van der Waals surface area contributed by atoms with Gasteiger partial charge in [-0.15, -0.1) is 0 Å². The Balaban J connectivity index is 1.33. The van der Waals surface area contributed by atoms with Crippen molar-refractivity contribution in [1.82, 2.24) is 10.2 Å². The number of rotatable bonds is 5. The lowest BCUT2D eigenvalue weighted by molar-refractivity contribution is 0.0883. The number of nitrogens with zero attached hydrogens (tertiary/aromatic N) is 1. The molecule has 2 aromatic rings. The fourth-order valence-corrected chi connectivity index (χ4v) is 3.90. The van der Waals surface area contributed by atoms with Gasteiger partial charge in [0, 0.05) is 18.6 Å². The first-order valence-corrected chi connectivity index (χ1v) is 9.11. The lowest BCUT2D eigenvalue weighted by Crippen LogP contribution is -2.46. The number of nitrogens with one attached hydrogen (secondary N) is 1. The van der Waals surface area contributed by atoms with E-state index in [2.05, 4.69) is 10.2 Å². The highest BCUT2D eigenvalue weighted by molar-refractivity contribution is 5.91. The van der Waals surface area contributed by atoms with Gasteiger partial charge in [-0.1, -0.05) is 24.6 Å². The van der Waals surface area contributed by atoms with Gasteiger partial charge >= 0.3 is 0 Å². The molecule has 5 nitrogen and oxygen atoms in total. The Morgan fingerprint density at radius 1 is 1.12 bits per heavy atom. The van der Waals surface area contributed by atoms with E-state index in [4.69, 9.17) is 9.15 Å². The number of piperidine rings is 1. The van der Waals surface area contributed by atoms with E-state index in [0.717, 1.165) is 18.7 Å². The molecule has 2 aliphatic heterocycles. The zero-order valence-corrected chi connectivity index (χ0v) is 14.3. The molecule has 0 saturated carbocycles. The van der Waals surface area contributed by atoms with Crippen molar-refractivity contribution in [3.05, 3.63) is 54.0 Å². The number of amides is 1. The van der Waals surface area contributed by atoms with Gasteiger partial charge < -0.3 is 14.5 Å². The summed E-state index contributed by atoms with van der Waals surface area (Å²) < 4.78 is 11.3. The van der Waals surface area contributed by atoms with Crippen molar-refractivity contribution in [1.29, 1.82) is 0 Å². The molecule has 0 bridgehead atoms. The molecule has 1 N–H and O–H groups in total. The standard InChI is InChI=1S/C20H24N2O3/c23-20(21-17-11-13-22-12-5-4-8-18(17)22)19-10-9-16(25-19)14-24-15-6-2-1-3-7-15/h1-3,6-7,9-10,17-18H,4-5,8,11-14H2,(H,21,23)/t17-,18-/m0/s1. The van der Waals surface area contributed by atoms with E-state index in [-0.39, 0.29) is 11.9 Å². The number of ether oxygens (including phenoxy) is 1. The highest BCUT2D eigenvalue weighted by atomic mass is 16.5. The van der Waals surface area contributed by atoms with Gasteiger partial charge in [0.1, 0.15) is 18.1 Å². The summed E-state index contributed by atoms with van der Waals surface area (Å²) in [6.07, 6.45) is 4.75. The summed E-state index contributed by atoms with van der Waals surface area (Å²) >= 11 is 0. The van der Waals surface area contributed by atoms with E-state index in [9.17, 15) is 4.79 Å². The molecule has 25 heavy (non-hydrogen) atoms. The molecule has 1 amide bonds. The Labute approximate surface area is 148 Å². The first-order chi connectivity index (χ1) is 12.3. The number of fused-ring (bicyclic) bond motifs is 1. The molecule has 2 fully saturated rings. The maximum Gasteiger partial charge on any atom is 0.287 e. The largest absolute Gasteiger partial charge is 0.486 e. The maximum atomic E-state index is 12.5. The monoisotopic (exact) mass is 340 g/mol. The van der Waals surface area contributed by atoms with E-state index >= 15 is 0 Å². The van der Waals surface area contributed by atoms with Crippen LogP contribution in [0.2, 0.25) is 0 Å². The van der Waals surface area contributed by atoms with Crippen molar-refractivity contribution in [2.45, 2.75) is 44.4 Å². The molecule has 2 atom stereocenters. The summed E-state index contributed by atoms with van der Waals surface area (Å²) in [6.45, 7) is 2.57. The molecule has 5 heteroatoms. The quantitative estimate of drug-likeness (QED) is 0.908. The predicted molar refractivity (Wildman–Crippen MR) is 94.6 cm³/mol. The Hall–Kier alpha value is -2.27. The molecule has 0 radical (unpaired) electrons. The molecular formula is C20H24N2O3. The van der Waals surface area contributed by atoms with Crippen molar-refractivity contribution in [2.75, 3.05) is 13.1 Å². The van der Waals surface area contributed by atoms with Crippen molar-refractivity contribution >= 4 is 5.91 Å². The summed E-state index contributed by atoms with van der Waals surface area (Å²) in [5.41, 5.74) is 0. The first-order valence-electron chi connectivity index (χ1n) is 9.11. The van der Waals surface area contributed by atoms with Crippen molar-refractivity contribution in [3.8, 4) is 5.75 Å². The SMILES string of the molecule is O=C(N[C@H]1CCN2CCCC[C@@H]12)c1ccc(COc2ccccc2)o1. The highest BCUT2D eigenvalue weighted by Gasteiger charge is 2.36. The second-order valence-electron chi connectivity index (χ2n) is 6.84. The minimum absolute atomic E-state index is 0.122. The van der Waals surface area contributed by atoms with E-state index in [0.29, 0.717) is 24.2 Å². The summed E-state index contributed by atoms with van der Waals surface area (Å²) in [5, 5.41) is 3.17. The van der Waals surface area contributed by atoms with Crippen LogP contribution >= 0.6 is 0 Å². The van der Waals surface area contributed by atoms with Gasteiger partial charge in [0.25, 0.3) is 5.91 Å². The van der Waals surface area contributed by atoms with Crippen LogP contribution in [0.3, 0.4) is 0 Å². The van der Waals surface area contributed by atoms with Gasteiger partial charge in [-0.05, 0) is 50.1 Å². The van der Waals surface area contributed by atoms with Crippen molar-refractivity contribution in [3.63, 3.8) is 0 Å². The first kappa shape index (κ1) is 16.2. The zero-order valence-electron chi connectivity index (χ0n) is 14.3. The lowest BCUT2D eigenvalue weighted by Gasteiger charge is -2.32. The molecule has 2 aliphatic rings. The van der Waals surface area contributed by atoms with Gasteiger partial charge in [-0.2, -0.15) is 0 Å². The average molecular weight is 340 g/mol. The van der Waals surface area contributed by atoms with E-state index < -0.39 is 0 Å². The molecule has 0 aliphatic carbocycles. The molecule has 1 aromatic carbocycles. The van der Waals surface area contributed by atoms with Crippen LogP contribution < -0.4 is 10.1 Å². The third-order valence-corrected chi connectivity index (χ3v) is 5.18. The molecule has 1 aromatic heterocycles. The highest BCUT2D eigenvalue weighted by Crippen LogP contribution is 2.27. The van der Waals surface area contributed by atoms with Crippen LogP contribution in [0.5, 0.6) is 5.75 Å². The number of benzene rings is 1. The third kappa shape index (κ3) is 3.71. The molecule has 132 valence electrons. The van der Waals surface area contributed by atoms with Crippen LogP contribution in [-0.2, 0) is 6.61 Å². The number of hydrogen-bond acceptors (Lipinski definition) is 4. The predicted octanol–water partition coefficient (Wildman–Crippen LogP) is 3.22.